The Hall–Kier alpha value is -2.38. The van der Waals surface area contributed by atoms with Gasteiger partial charge in [0.1, 0.15) is 12.1 Å². The number of carbonyl (C=O) groups excluding carboxylic acids is 1. The number of para-hydroxylation sites is 1. The smallest absolute Gasteiger partial charge is 0.238 e. The summed E-state index contributed by atoms with van der Waals surface area (Å²) in [6.45, 7) is 1.81. The molecule has 3 rings (SSSR count). The molecule has 0 aliphatic carbocycles. The van der Waals surface area contributed by atoms with Crippen LogP contribution in [-0.4, -0.2) is 30.9 Å². The summed E-state index contributed by atoms with van der Waals surface area (Å²) in [5.74, 6) is 0.291. The van der Waals surface area contributed by atoms with Crippen LogP contribution in [0.4, 0.5) is 5.82 Å². The fourth-order valence-corrected chi connectivity index (χ4v) is 2.91. The zero-order valence-electron chi connectivity index (χ0n) is 12.8. The molecule has 0 bridgehead atoms. The third kappa shape index (κ3) is 3.93. The maximum atomic E-state index is 12.3. The van der Waals surface area contributed by atoms with Crippen LogP contribution in [0, 0.1) is 0 Å². The standard InChI is InChI=1S/C16H14ClN5OS/c1-11(15(23)20-14-8-7-12(17)9-18-14)24-16-21-19-10-22(16)13-5-3-2-4-6-13/h2-11H,1H3,(H,18,20,23)/t11-/m1/s1. The van der Waals surface area contributed by atoms with Crippen molar-refractivity contribution in [3.8, 4) is 5.69 Å². The van der Waals surface area contributed by atoms with Gasteiger partial charge >= 0.3 is 0 Å². The number of hydrogen-bond acceptors (Lipinski definition) is 5. The molecule has 2 heterocycles. The number of hydrogen-bond donors (Lipinski definition) is 1. The number of carbonyl (C=O) groups is 1. The third-order valence-electron chi connectivity index (χ3n) is 3.18. The molecule has 0 fully saturated rings. The number of nitrogens with one attached hydrogen (secondary N) is 1. The number of nitrogens with zero attached hydrogens (tertiary/aromatic N) is 4. The second kappa shape index (κ2) is 7.46. The van der Waals surface area contributed by atoms with Crippen molar-refractivity contribution in [3.63, 3.8) is 0 Å². The molecule has 0 saturated heterocycles. The molecular weight excluding hydrogens is 346 g/mol. The molecule has 0 aliphatic rings. The number of benzene rings is 1. The molecule has 2 aromatic heterocycles. The van der Waals surface area contributed by atoms with Gasteiger partial charge in [0.25, 0.3) is 0 Å². The van der Waals surface area contributed by atoms with E-state index in [1.54, 1.807) is 25.4 Å². The molecule has 0 unspecified atom stereocenters. The zero-order valence-corrected chi connectivity index (χ0v) is 14.3. The number of rotatable bonds is 5. The molecule has 0 aliphatic heterocycles. The molecule has 0 radical (unpaired) electrons. The summed E-state index contributed by atoms with van der Waals surface area (Å²) in [4.78, 5) is 16.4. The highest BCUT2D eigenvalue weighted by atomic mass is 35.5. The summed E-state index contributed by atoms with van der Waals surface area (Å²) in [6.07, 6.45) is 3.12. The lowest BCUT2D eigenvalue weighted by Crippen LogP contribution is -2.23. The van der Waals surface area contributed by atoms with Crippen LogP contribution in [0.3, 0.4) is 0 Å². The van der Waals surface area contributed by atoms with Crippen molar-refractivity contribution in [2.75, 3.05) is 5.32 Å². The number of thioether (sulfide) groups is 1. The van der Waals surface area contributed by atoms with Gasteiger partial charge in [0.2, 0.25) is 5.91 Å². The van der Waals surface area contributed by atoms with Crippen molar-refractivity contribution in [3.05, 3.63) is 60.0 Å². The van der Waals surface area contributed by atoms with Gasteiger partial charge in [-0.1, -0.05) is 41.6 Å². The van der Waals surface area contributed by atoms with E-state index in [1.165, 1.54) is 18.0 Å². The lowest BCUT2D eigenvalue weighted by molar-refractivity contribution is -0.115. The van der Waals surface area contributed by atoms with Crippen LogP contribution in [0.1, 0.15) is 6.92 Å². The lowest BCUT2D eigenvalue weighted by Gasteiger charge is -2.12. The number of halogens is 1. The van der Waals surface area contributed by atoms with Gasteiger partial charge in [-0.3, -0.25) is 9.36 Å². The van der Waals surface area contributed by atoms with Crippen LogP contribution in [0.15, 0.2) is 60.1 Å². The van der Waals surface area contributed by atoms with E-state index in [9.17, 15) is 4.79 Å². The maximum Gasteiger partial charge on any atom is 0.238 e. The van der Waals surface area contributed by atoms with Crippen LogP contribution in [-0.2, 0) is 4.79 Å². The fraction of sp³-hybridized carbons (Fsp3) is 0.125. The topological polar surface area (TPSA) is 72.7 Å². The Labute approximate surface area is 148 Å². The van der Waals surface area contributed by atoms with Crippen LogP contribution >= 0.6 is 23.4 Å². The SMILES string of the molecule is C[C@@H](Sc1nncn1-c1ccccc1)C(=O)Nc1ccc(Cl)cn1. The third-order valence-corrected chi connectivity index (χ3v) is 4.46. The van der Waals surface area contributed by atoms with Crippen molar-refractivity contribution in [1.29, 1.82) is 0 Å². The zero-order chi connectivity index (χ0) is 16.9. The average Bonchev–Trinajstić information content (AvgIpc) is 3.05. The monoisotopic (exact) mass is 359 g/mol. The minimum atomic E-state index is -0.367. The van der Waals surface area contributed by atoms with Gasteiger partial charge in [-0.15, -0.1) is 10.2 Å². The minimum absolute atomic E-state index is 0.169. The molecule has 1 N–H and O–H groups in total. The summed E-state index contributed by atoms with van der Waals surface area (Å²) in [7, 11) is 0. The van der Waals surface area contributed by atoms with Crippen LogP contribution in [0.5, 0.6) is 0 Å². The van der Waals surface area contributed by atoms with Gasteiger partial charge in [-0.2, -0.15) is 0 Å². The lowest BCUT2D eigenvalue weighted by atomic mass is 10.3. The number of pyridine rings is 1. The molecule has 1 amide bonds. The molecule has 122 valence electrons. The molecule has 24 heavy (non-hydrogen) atoms. The minimum Gasteiger partial charge on any atom is -0.310 e. The normalized spacial score (nSPS) is 11.9. The molecule has 8 heteroatoms. The number of amides is 1. The van der Waals surface area contributed by atoms with E-state index >= 15 is 0 Å². The first-order chi connectivity index (χ1) is 11.6. The van der Waals surface area contributed by atoms with Crippen LogP contribution in [0.25, 0.3) is 5.69 Å². The molecular formula is C16H14ClN5OS. The summed E-state index contributed by atoms with van der Waals surface area (Å²) in [5.41, 5.74) is 0.942. The van der Waals surface area contributed by atoms with Crippen molar-refractivity contribution in [2.45, 2.75) is 17.3 Å². The van der Waals surface area contributed by atoms with Crippen molar-refractivity contribution < 1.29 is 4.79 Å². The van der Waals surface area contributed by atoms with Gasteiger partial charge in [0.05, 0.1) is 10.3 Å². The van der Waals surface area contributed by atoms with E-state index in [0.29, 0.717) is 16.0 Å². The molecule has 0 saturated carbocycles. The largest absolute Gasteiger partial charge is 0.310 e. The Morgan fingerprint density at radius 3 is 2.75 bits per heavy atom. The van der Waals surface area contributed by atoms with E-state index in [4.69, 9.17) is 11.6 Å². The second-order valence-electron chi connectivity index (χ2n) is 4.93. The Morgan fingerprint density at radius 2 is 2.04 bits per heavy atom. The van der Waals surface area contributed by atoms with Crippen molar-refractivity contribution in [2.24, 2.45) is 0 Å². The predicted octanol–water partition coefficient (Wildman–Crippen LogP) is 3.44. The number of aromatic nitrogens is 4. The van der Waals surface area contributed by atoms with E-state index in [-0.39, 0.29) is 11.2 Å². The first kappa shape index (κ1) is 16.5. The van der Waals surface area contributed by atoms with Crippen molar-refractivity contribution >= 4 is 35.1 Å². The molecule has 1 aromatic carbocycles. The molecule has 6 nitrogen and oxygen atoms in total. The van der Waals surface area contributed by atoms with Gasteiger partial charge in [-0.05, 0) is 31.2 Å². The predicted molar refractivity (Wildman–Crippen MR) is 94.6 cm³/mol. The van der Waals surface area contributed by atoms with E-state index in [0.717, 1.165) is 5.69 Å². The highest BCUT2D eigenvalue weighted by Gasteiger charge is 2.18. The summed E-state index contributed by atoms with van der Waals surface area (Å²) < 4.78 is 1.84. The Morgan fingerprint density at radius 1 is 1.25 bits per heavy atom. The van der Waals surface area contributed by atoms with E-state index < -0.39 is 0 Å². The maximum absolute atomic E-state index is 12.3. The van der Waals surface area contributed by atoms with Gasteiger partial charge in [-0.25, -0.2) is 4.98 Å². The fourth-order valence-electron chi connectivity index (χ4n) is 1.96. The van der Waals surface area contributed by atoms with Gasteiger partial charge in [0.15, 0.2) is 5.16 Å². The molecule has 0 spiro atoms. The Balaban J connectivity index is 1.69. The quantitative estimate of drug-likeness (QED) is 0.706. The summed E-state index contributed by atoms with van der Waals surface area (Å²) in [6, 6.07) is 13.1. The second-order valence-corrected chi connectivity index (χ2v) is 6.67. The summed E-state index contributed by atoms with van der Waals surface area (Å²) in [5, 5.41) is 11.6. The van der Waals surface area contributed by atoms with Gasteiger partial charge in [0, 0.05) is 11.9 Å². The number of anilines is 1. The summed E-state index contributed by atoms with van der Waals surface area (Å²) >= 11 is 7.11. The van der Waals surface area contributed by atoms with Crippen LogP contribution in [0.2, 0.25) is 5.02 Å². The highest BCUT2D eigenvalue weighted by molar-refractivity contribution is 8.00. The van der Waals surface area contributed by atoms with Crippen molar-refractivity contribution in [1.82, 2.24) is 19.7 Å². The Kier molecular flexibility index (Phi) is 5.12. The molecule has 1 atom stereocenters. The van der Waals surface area contributed by atoms with E-state index in [2.05, 4.69) is 20.5 Å². The first-order valence-corrected chi connectivity index (χ1v) is 8.44. The van der Waals surface area contributed by atoms with E-state index in [1.807, 2.05) is 34.9 Å². The first-order valence-electron chi connectivity index (χ1n) is 7.18. The van der Waals surface area contributed by atoms with Gasteiger partial charge < -0.3 is 5.32 Å². The highest BCUT2D eigenvalue weighted by Crippen LogP contribution is 2.24. The van der Waals surface area contributed by atoms with Crippen LogP contribution < -0.4 is 5.32 Å². The average molecular weight is 360 g/mol. The Bertz CT molecular complexity index is 822. The molecule has 3 aromatic rings.